The van der Waals surface area contributed by atoms with E-state index in [1.807, 2.05) is 53.5 Å². The Morgan fingerprint density at radius 3 is 2.35 bits per heavy atom. The van der Waals surface area contributed by atoms with Crippen molar-refractivity contribution in [3.63, 3.8) is 0 Å². The number of aromatic nitrogens is 2. The number of rotatable bonds is 7. The molecule has 4 nitrogen and oxygen atoms in total. The molecule has 3 aromatic rings. The number of benzene rings is 2. The van der Waals surface area contributed by atoms with Crippen LogP contribution >= 0.6 is 36.4 Å². The second-order valence-electron chi connectivity index (χ2n) is 5.73. The maximum absolute atomic E-state index is 6.16. The summed E-state index contributed by atoms with van der Waals surface area (Å²) in [5.74, 6) is 0.824. The van der Waals surface area contributed by atoms with Crippen molar-refractivity contribution in [1.82, 2.24) is 9.55 Å². The van der Waals surface area contributed by atoms with Crippen molar-refractivity contribution in [1.29, 1.82) is 0 Å². The van der Waals surface area contributed by atoms with Gasteiger partial charge in [0.1, 0.15) is 11.9 Å². The van der Waals surface area contributed by atoms with Gasteiger partial charge < -0.3 is 15.0 Å². The summed E-state index contributed by atoms with van der Waals surface area (Å²) in [7, 11) is 0. The molecule has 26 heavy (non-hydrogen) atoms. The van der Waals surface area contributed by atoms with Gasteiger partial charge in [0.2, 0.25) is 0 Å². The fourth-order valence-corrected chi connectivity index (χ4v) is 2.66. The highest BCUT2D eigenvalue weighted by molar-refractivity contribution is 6.30. The molecule has 1 heterocycles. The van der Waals surface area contributed by atoms with Gasteiger partial charge in [-0.15, -0.1) is 24.8 Å². The van der Waals surface area contributed by atoms with Crippen LogP contribution in [0.5, 0.6) is 5.75 Å². The lowest BCUT2D eigenvalue weighted by Crippen LogP contribution is -2.23. The van der Waals surface area contributed by atoms with Gasteiger partial charge in [-0.05, 0) is 54.8 Å². The number of nitrogen functional groups attached to an aromatic ring is 1. The SMILES string of the molecule is Cl.Cl.Nc1ccc(OC(CCc2ccc(Cl)cc2)Cn2ccnc2)cc1. The Kier molecular flexibility index (Phi) is 9.35. The van der Waals surface area contributed by atoms with Crippen LogP contribution in [0.15, 0.2) is 67.3 Å². The average Bonchev–Trinajstić information content (AvgIpc) is 3.09. The molecular formula is C19H22Cl3N3O. The molecule has 2 N–H and O–H groups in total. The first kappa shape index (κ1) is 22.2. The van der Waals surface area contributed by atoms with Gasteiger partial charge in [0.25, 0.3) is 0 Å². The molecule has 0 saturated carbocycles. The number of hydrogen-bond acceptors (Lipinski definition) is 3. The van der Waals surface area contributed by atoms with Crippen LogP contribution in [0.2, 0.25) is 5.02 Å². The third-order valence-corrected chi connectivity index (χ3v) is 4.08. The average molecular weight is 415 g/mol. The first-order valence-electron chi connectivity index (χ1n) is 7.91. The molecule has 1 aromatic heterocycles. The van der Waals surface area contributed by atoms with Gasteiger partial charge in [0.05, 0.1) is 12.9 Å². The molecule has 2 aromatic carbocycles. The van der Waals surface area contributed by atoms with Crippen molar-refractivity contribution in [2.75, 3.05) is 5.73 Å². The molecule has 0 saturated heterocycles. The van der Waals surface area contributed by atoms with E-state index in [1.54, 1.807) is 6.20 Å². The predicted molar refractivity (Wildman–Crippen MR) is 112 cm³/mol. The fraction of sp³-hybridized carbons (Fsp3) is 0.211. The number of anilines is 1. The van der Waals surface area contributed by atoms with Crippen molar-refractivity contribution in [2.24, 2.45) is 0 Å². The Hall–Kier alpha value is -1.88. The van der Waals surface area contributed by atoms with Crippen LogP contribution in [0.4, 0.5) is 5.69 Å². The monoisotopic (exact) mass is 413 g/mol. The van der Waals surface area contributed by atoms with Crippen LogP contribution < -0.4 is 10.5 Å². The van der Waals surface area contributed by atoms with E-state index < -0.39 is 0 Å². The molecule has 0 bridgehead atoms. The first-order valence-corrected chi connectivity index (χ1v) is 8.29. The maximum Gasteiger partial charge on any atom is 0.119 e. The minimum atomic E-state index is 0. The molecule has 1 unspecified atom stereocenters. The second kappa shape index (κ2) is 11.0. The summed E-state index contributed by atoms with van der Waals surface area (Å²) in [5, 5.41) is 0.756. The lowest BCUT2D eigenvalue weighted by atomic mass is 10.1. The Morgan fingerprint density at radius 2 is 1.73 bits per heavy atom. The lowest BCUT2D eigenvalue weighted by molar-refractivity contribution is 0.170. The van der Waals surface area contributed by atoms with Crippen LogP contribution in [0.3, 0.4) is 0 Å². The summed E-state index contributed by atoms with van der Waals surface area (Å²) in [5.41, 5.74) is 7.71. The van der Waals surface area contributed by atoms with Gasteiger partial charge in [-0.25, -0.2) is 4.98 Å². The zero-order valence-electron chi connectivity index (χ0n) is 14.1. The van der Waals surface area contributed by atoms with Crippen molar-refractivity contribution >= 4 is 42.1 Å². The van der Waals surface area contributed by atoms with Crippen LogP contribution in [-0.4, -0.2) is 15.7 Å². The molecule has 0 aliphatic rings. The van der Waals surface area contributed by atoms with Crippen molar-refractivity contribution in [2.45, 2.75) is 25.5 Å². The summed E-state index contributed by atoms with van der Waals surface area (Å²) in [6.07, 6.45) is 7.39. The van der Waals surface area contributed by atoms with Gasteiger partial charge in [0.15, 0.2) is 0 Å². The molecule has 140 valence electrons. The smallest absolute Gasteiger partial charge is 0.119 e. The number of halogens is 3. The van der Waals surface area contributed by atoms with Gasteiger partial charge in [0, 0.05) is 23.1 Å². The molecule has 0 radical (unpaired) electrons. The Morgan fingerprint density at radius 1 is 1.04 bits per heavy atom. The van der Waals surface area contributed by atoms with Gasteiger partial charge in [-0.3, -0.25) is 0 Å². The van der Waals surface area contributed by atoms with Gasteiger partial charge in [-0.1, -0.05) is 23.7 Å². The number of nitrogens with zero attached hydrogens (tertiary/aromatic N) is 2. The third kappa shape index (κ3) is 6.79. The first-order chi connectivity index (χ1) is 11.7. The van der Waals surface area contributed by atoms with Crippen molar-refractivity contribution in [3.8, 4) is 5.75 Å². The molecule has 1 atom stereocenters. The largest absolute Gasteiger partial charge is 0.489 e. The fourth-order valence-electron chi connectivity index (χ4n) is 2.53. The number of hydrogen-bond donors (Lipinski definition) is 1. The Balaban J connectivity index is 0.00000169. The summed E-state index contributed by atoms with van der Waals surface area (Å²) in [4.78, 5) is 4.10. The Bertz CT molecular complexity index is 747. The second-order valence-corrected chi connectivity index (χ2v) is 6.17. The zero-order valence-corrected chi connectivity index (χ0v) is 16.5. The van der Waals surface area contributed by atoms with Crippen molar-refractivity contribution in [3.05, 3.63) is 77.8 Å². The van der Waals surface area contributed by atoms with Crippen LogP contribution in [0, 0.1) is 0 Å². The minimum absolute atomic E-state index is 0. The summed E-state index contributed by atoms with van der Waals surface area (Å²) in [6.45, 7) is 0.748. The third-order valence-electron chi connectivity index (χ3n) is 3.82. The normalized spacial score (nSPS) is 11.1. The topological polar surface area (TPSA) is 53.1 Å². The van der Waals surface area contributed by atoms with E-state index in [0.29, 0.717) is 0 Å². The molecule has 7 heteroatoms. The highest BCUT2D eigenvalue weighted by Gasteiger charge is 2.12. The maximum atomic E-state index is 6.16. The Labute approximate surface area is 171 Å². The predicted octanol–water partition coefficient (Wildman–Crippen LogP) is 5.04. The van der Waals surface area contributed by atoms with E-state index in [-0.39, 0.29) is 30.9 Å². The van der Waals surface area contributed by atoms with Crippen LogP contribution in [-0.2, 0) is 13.0 Å². The lowest BCUT2D eigenvalue weighted by Gasteiger charge is -2.20. The van der Waals surface area contributed by atoms with Crippen molar-refractivity contribution < 1.29 is 4.74 Å². The molecule has 3 rings (SSSR count). The zero-order chi connectivity index (χ0) is 16.8. The number of imidazole rings is 1. The molecular weight excluding hydrogens is 393 g/mol. The number of nitrogens with two attached hydrogens (primary N) is 1. The minimum Gasteiger partial charge on any atom is -0.489 e. The van der Waals surface area contributed by atoms with E-state index in [9.17, 15) is 0 Å². The highest BCUT2D eigenvalue weighted by atomic mass is 35.5. The molecule has 0 aliphatic heterocycles. The standard InChI is InChI=1S/C19H20ClN3O.2ClH/c20-16-4-1-15(2-5-16)3-8-19(13-23-12-11-22-14-23)24-18-9-6-17(21)7-10-18;;/h1-2,4-7,9-12,14,19H,3,8,13,21H2;2*1H. The van der Waals surface area contributed by atoms with E-state index in [4.69, 9.17) is 22.1 Å². The van der Waals surface area contributed by atoms with E-state index in [0.717, 1.165) is 35.8 Å². The number of aryl methyl sites for hydroxylation is 1. The molecule has 0 amide bonds. The van der Waals surface area contributed by atoms with E-state index in [1.165, 1.54) is 5.56 Å². The summed E-state index contributed by atoms with van der Waals surface area (Å²) >= 11 is 5.94. The molecule has 0 aliphatic carbocycles. The van der Waals surface area contributed by atoms with E-state index >= 15 is 0 Å². The van der Waals surface area contributed by atoms with Crippen LogP contribution in [0.25, 0.3) is 0 Å². The van der Waals surface area contributed by atoms with Gasteiger partial charge in [-0.2, -0.15) is 0 Å². The van der Waals surface area contributed by atoms with Gasteiger partial charge >= 0.3 is 0 Å². The number of ether oxygens (including phenoxy) is 1. The summed E-state index contributed by atoms with van der Waals surface area (Å²) < 4.78 is 8.19. The van der Waals surface area contributed by atoms with E-state index in [2.05, 4.69) is 17.1 Å². The molecule has 0 spiro atoms. The quantitative estimate of drug-likeness (QED) is 0.551. The van der Waals surface area contributed by atoms with Crippen LogP contribution in [0.1, 0.15) is 12.0 Å². The highest BCUT2D eigenvalue weighted by Crippen LogP contribution is 2.19. The summed E-state index contributed by atoms with van der Waals surface area (Å²) in [6, 6.07) is 15.5. The molecule has 0 fully saturated rings.